The molecule has 6 rings (SSSR count). The Morgan fingerprint density at radius 1 is 1.21 bits per heavy atom. The molecule has 1 aromatic carbocycles. The molecule has 0 unspecified atom stereocenters. The lowest BCUT2D eigenvalue weighted by atomic mass is 9.43. The number of ketones is 2. The van der Waals surface area contributed by atoms with Crippen LogP contribution in [0.25, 0.3) is 0 Å². The van der Waals surface area contributed by atoms with Crippen molar-refractivity contribution < 1.29 is 28.6 Å². The average molecular weight is 526 g/mol. The molecule has 0 amide bonds. The molecule has 1 heterocycles. The summed E-state index contributed by atoms with van der Waals surface area (Å²) < 4.78 is 33.2. The molecule has 2 N–H and O–H groups in total. The maximum Gasteiger partial charge on any atom is 0.178 e. The van der Waals surface area contributed by atoms with Crippen molar-refractivity contribution in [1.29, 1.82) is 0 Å². The molecule has 9 atom stereocenters. The van der Waals surface area contributed by atoms with Gasteiger partial charge in [0.25, 0.3) is 0 Å². The Balaban J connectivity index is 1.40. The number of carbonyl (C=O) groups is 2. The molecule has 1 aromatic rings. The number of alkyl halides is 2. The standard InChI is InChI=1S/C31H37F2NO4/c1-18-5-4-6-19(9-18)14-34-15-20-10-22-23-12-25(32)24-11-21(36)7-8-28(24,2)31(23,33)26(37)13-29(22,3)30(20,17-34)27(38)16-35/h4-9,11,20,22-23,25-26,35,37H,10,12-17H2,1-3H3/t20-,22-,23-,25-,26-,28-,29-,30+,31-/m0/s1. The minimum absolute atomic E-state index is 0.0484. The summed E-state index contributed by atoms with van der Waals surface area (Å²) in [4.78, 5) is 28.0. The van der Waals surface area contributed by atoms with Gasteiger partial charge in [0.05, 0.1) is 11.5 Å². The highest BCUT2D eigenvalue weighted by Gasteiger charge is 2.78. The lowest BCUT2D eigenvalue weighted by Crippen LogP contribution is -2.69. The van der Waals surface area contributed by atoms with Crippen LogP contribution in [0.15, 0.2) is 48.1 Å². The Bertz CT molecular complexity index is 1260. The Kier molecular flexibility index (Phi) is 5.75. The molecule has 3 saturated carbocycles. The number of likely N-dealkylation sites (tertiary alicyclic amines) is 1. The lowest BCUT2D eigenvalue weighted by molar-refractivity contribution is -0.212. The Morgan fingerprint density at radius 3 is 2.68 bits per heavy atom. The summed E-state index contributed by atoms with van der Waals surface area (Å²) in [6.07, 6.45) is 1.45. The van der Waals surface area contributed by atoms with Crippen molar-refractivity contribution in [3.05, 3.63) is 59.2 Å². The predicted molar refractivity (Wildman–Crippen MR) is 138 cm³/mol. The van der Waals surface area contributed by atoms with E-state index in [1.165, 1.54) is 18.2 Å². The van der Waals surface area contributed by atoms with Crippen molar-refractivity contribution in [1.82, 2.24) is 4.90 Å². The van der Waals surface area contributed by atoms with Crippen molar-refractivity contribution >= 4 is 11.6 Å². The molecule has 1 aliphatic heterocycles. The minimum atomic E-state index is -2.16. The predicted octanol–water partition coefficient (Wildman–Crippen LogP) is 3.90. The van der Waals surface area contributed by atoms with Crippen molar-refractivity contribution in [2.45, 2.75) is 64.5 Å². The second-order valence-corrected chi connectivity index (χ2v) is 13.0. The van der Waals surface area contributed by atoms with Gasteiger partial charge in [-0.05, 0) is 73.6 Å². The highest BCUT2D eigenvalue weighted by Crippen LogP contribution is 2.74. The van der Waals surface area contributed by atoms with Gasteiger partial charge in [0.1, 0.15) is 12.8 Å². The second-order valence-electron chi connectivity index (χ2n) is 13.0. The van der Waals surface area contributed by atoms with Crippen LogP contribution >= 0.6 is 0 Å². The maximum absolute atomic E-state index is 17.5. The smallest absolute Gasteiger partial charge is 0.178 e. The fourth-order valence-corrected chi connectivity index (χ4v) is 9.71. The molecule has 204 valence electrons. The van der Waals surface area contributed by atoms with E-state index in [1.807, 2.05) is 26.0 Å². The number of aryl methyl sites for hydroxylation is 1. The molecule has 38 heavy (non-hydrogen) atoms. The van der Waals surface area contributed by atoms with E-state index in [1.54, 1.807) is 6.92 Å². The highest BCUT2D eigenvalue weighted by atomic mass is 19.1. The van der Waals surface area contributed by atoms with Crippen LogP contribution in [0.4, 0.5) is 8.78 Å². The number of Topliss-reactive ketones (excluding diaryl/α,β-unsaturated/α-hetero) is 1. The summed E-state index contributed by atoms with van der Waals surface area (Å²) in [7, 11) is 0. The molecule has 0 radical (unpaired) electrons. The summed E-state index contributed by atoms with van der Waals surface area (Å²) in [6, 6.07) is 8.24. The first-order valence-corrected chi connectivity index (χ1v) is 13.8. The van der Waals surface area contributed by atoms with Gasteiger partial charge in [-0.2, -0.15) is 0 Å². The van der Waals surface area contributed by atoms with Gasteiger partial charge in [0.15, 0.2) is 17.2 Å². The number of allylic oxidation sites excluding steroid dienone is 4. The number of nitrogens with zero attached hydrogens (tertiary/aromatic N) is 1. The van der Waals surface area contributed by atoms with Crippen LogP contribution in [0.1, 0.15) is 44.2 Å². The highest BCUT2D eigenvalue weighted by molar-refractivity contribution is 6.01. The molecular weight excluding hydrogens is 488 g/mol. The van der Waals surface area contributed by atoms with E-state index in [-0.39, 0.29) is 41.8 Å². The number of fused-ring (bicyclic) bond motifs is 7. The number of aliphatic hydroxyl groups excluding tert-OH is 2. The van der Waals surface area contributed by atoms with Crippen molar-refractivity contribution in [2.24, 2.45) is 34.0 Å². The topological polar surface area (TPSA) is 77.8 Å². The fourth-order valence-electron chi connectivity index (χ4n) is 9.71. The van der Waals surface area contributed by atoms with Crippen LogP contribution in [0.2, 0.25) is 0 Å². The van der Waals surface area contributed by atoms with E-state index < -0.39 is 46.7 Å². The monoisotopic (exact) mass is 525 g/mol. The van der Waals surface area contributed by atoms with Crippen LogP contribution in [0.5, 0.6) is 0 Å². The van der Waals surface area contributed by atoms with Crippen molar-refractivity contribution in [3.8, 4) is 0 Å². The number of hydrogen-bond donors (Lipinski definition) is 2. The summed E-state index contributed by atoms with van der Waals surface area (Å²) in [5.41, 5.74) is -2.94. The third kappa shape index (κ3) is 3.12. The van der Waals surface area contributed by atoms with Crippen LogP contribution in [-0.2, 0) is 16.1 Å². The molecule has 7 heteroatoms. The van der Waals surface area contributed by atoms with Crippen LogP contribution in [0.3, 0.4) is 0 Å². The first-order valence-electron chi connectivity index (χ1n) is 13.8. The average Bonchev–Trinajstić information content (AvgIpc) is 3.34. The molecule has 0 spiro atoms. The zero-order chi connectivity index (χ0) is 27.3. The number of rotatable bonds is 4. The van der Waals surface area contributed by atoms with E-state index in [4.69, 9.17) is 0 Å². The van der Waals surface area contributed by atoms with Crippen molar-refractivity contribution in [3.63, 3.8) is 0 Å². The molecule has 0 aromatic heterocycles. The Morgan fingerprint density at radius 2 is 1.97 bits per heavy atom. The van der Waals surface area contributed by atoms with Crippen LogP contribution in [0, 0.1) is 40.9 Å². The molecule has 4 fully saturated rings. The molecule has 5 aliphatic rings. The third-order valence-corrected chi connectivity index (χ3v) is 11.4. The van der Waals surface area contributed by atoms with E-state index in [0.29, 0.717) is 26.1 Å². The number of benzene rings is 1. The summed E-state index contributed by atoms with van der Waals surface area (Å²) >= 11 is 0. The maximum atomic E-state index is 17.5. The largest absolute Gasteiger partial charge is 0.390 e. The SMILES string of the molecule is Cc1cccc(CN2C[C@@H]3C[C@H]4[C@@H]5C[C@H](F)C6=CC(=O)C=C[C@]6(C)[C@@]5(F)[C@@H](O)C[C@]4(C)[C@]3(C(=O)CO)C2)c1. The zero-order valence-electron chi connectivity index (χ0n) is 22.3. The van der Waals surface area contributed by atoms with Gasteiger partial charge in [-0.15, -0.1) is 0 Å². The Labute approximate surface area is 222 Å². The van der Waals surface area contributed by atoms with Gasteiger partial charge in [-0.25, -0.2) is 8.78 Å². The van der Waals surface area contributed by atoms with E-state index in [0.717, 1.165) is 11.1 Å². The first-order chi connectivity index (χ1) is 17.9. The van der Waals surface area contributed by atoms with Crippen LogP contribution in [-0.4, -0.2) is 64.3 Å². The van der Waals surface area contributed by atoms with Crippen LogP contribution < -0.4 is 0 Å². The normalized spacial score (nSPS) is 45.7. The molecule has 5 nitrogen and oxygen atoms in total. The first kappa shape index (κ1) is 26.0. The van der Waals surface area contributed by atoms with Crippen molar-refractivity contribution in [2.75, 3.05) is 19.7 Å². The van der Waals surface area contributed by atoms with Gasteiger partial charge in [0.2, 0.25) is 0 Å². The number of aliphatic hydroxyl groups is 2. The van der Waals surface area contributed by atoms with Gasteiger partial charge in [-0.1, -0.05) is 42.8 Å². The number of hydrogen-bond acceptors (Lipinski definition) is 5. The van der Waals surface area contributed by atoms with Gasteiger partial charge < -0.3 is 10.2 Å². The fraction of sp³-hybridized carbons (Fsp3) is 0.613. The number of carbonyl (C=O) groups excluding carboxylic acids is 2. The van der Waals surface area contributed by atoms with E-state index in [9.17, 15) is 19.8 Å². The third-order valence-electron chi connectivity index (χ3n) is 11.4. The van der Waals surface area contributed by atoms with E-state index in [2.05, 4.69) is 17.0 Å². The summed E-state index contributed by atoms with van der Waals surface area (Å²) in [5.74, 6) is -1.90. The quantitative estimate of drug-likeness (QED) is 0.624. The molecule has 4 aliphatic carbocycles. The number of halogens is 2. The Hall–Kier alpha value is -2.22. The summed E-state index contributed by atoms with van der Waals surface area (Å²) in [6.45, 7) is 6.70. The van der Waals surface area contributed by atoms with Gasteiger partial charge in [-0.3, -0.25) is 14.5 Å². The summed E-state index contributed by atoms with van der Waals surface area (Å²) in [5, 5.41) is 21.8. The zero-order valence-corrected chi connectivity index (χ0v) is 22.3. The van der Waals surface area contributed by atoms with E-state index >= 15 is 8.78 Å². The minimum Gasteiger partial charge on any atom is -0.390 e. The molecular formula is C31H37F2NO4. The molecule has 0 bridgehead atoms. The lowest BCUT2D eigenvalue weighted by Gasteiger charge is -2.63. The second kappa shape index (κ2) is 8.39. The van der Waals surface area contributed by atoms with Gasteiger partial charge in [0, 0.05) is 31.0 Å². The molecule has 1 saturated heterocycles. The van der Waals surface area contributed by atoms with Gasteiger partial charge >= 0.3 is 0 Å².